The number of esters is 1. The molecule has 2 aromatic rings. The predicted octanol–water partition coefficient (Wildman–Crippen LogP) is 3.97. The maximum absolute atomic E-state index is 12.5. The van der Waals surface area contributed by atoms with Crippen molar-refractivity contribution in [3.05, 3.63) is 40.6 Å². The molecule has 1 N–H and O–H groups in total. The smallest absolute Gasteiger partial charge is 0.344 e. The van der Waals surface area contributed by atoms with Gasteiger partial charge in [0.2, 0.25) is 0 Å². The molecule has 32 heavy (non-hydrogen) atoms. The van der Waals surface area contributed by atoms with E-state index in [1.165, 1.54) is 7.11 Å². The summed E-state index contributed by atoms with van der Waals surface area (Å²) >= 11 is 0. The van der Waals surface area contributed by atoms with E-state index >= 15 is 0 Å². The summed E-state index contributed by atoms with van der Waals surface area (Å²) in [5.74, 6) is 0.230. The van der Waals surface area contributed by atoms with Crippen molar-refractivity contribution in [1.82, 2.24) is 4.57 Å². The Labute approximate surface area is 188 Å². The molecule has 3 rings (SSSR count). The van der Waals surface area contributed by atoms with Gasteiger partial charge in [-0.05, 0) is 56.9 Å². The summed E-state index contributed by atoms with van der Waals surface area (Å²) in [6, 6.07) is 7.80. The van der Waals surface area contributed by atoms with Crippen LogP contribution in [0.2, 0.25) is 0 Å². The Balaban J connectivity index is 1.60. The minimum Gasteiger partial charge on any atom is -0.493 e. The second-order valence-electron chi connectivity index (χ2n) is 8.01. The van der Waals surface area contributed by atoms with Gasteiger partial charge in [0.25, 0.3) is 5.91 Å². The summed E-state index contributed by atoms with van der Waals surface area (Å²) in [4.78, 5) is 24.6. The molecular weight excluding hydrogens is 410 g/mol. The highest BCUT2D eigenvalue weighted by Gasteiger charge is 2.26. The summed E-state index contributed by atoms with van der Waals surface area (Å²) in [5.41, 5.74) is 3.27. The molecule has 1 aromatic carbocycles. The zero-order valence-corrected chi connectivity index (χ0v) is 19.0. The normalized spacial score (nSPS) is 13.5. The molecule has 0 aliphatic heterocycles. The molecule has 0 atom stereocenters. The van der Waals surface area contributed by atoms with E-state index in [1.807, 2.05) is 31.4 Å². The molecule has 1 aliphatic carbocycles. The van der Waals surface area contributed by atoms with Crippen LogP contribution in [-0.4, -0.2) is 36.8 Å². The van der Waals surface area contributed by atoms with E-state index in [-0.39, 0.29) is 12.6 Å². The number of ether oxygens (including phenoxy) is 3. The second kappa shape index (κ2) is 10.2. The number of hydrogen-bond acceptors (Lipinski definition) is 6. The van der Waals surface area contributed by atoms with Crippen molar-refractivity contribution in [2.75, 3.05) is 25.6 Å². The topological polar surface area (TPSA) is 103 Å². The van der Waals surface area contributed by atoms with Crippen LogP contribution in [0.1, 0.15) is 54.1 Å². The number of anilines is 1. The molecule has 0 unspecified atom stereocenters. The molecule has 1 aliphatic rings. The first-order valence-corrected chi connectivity index (χ1v) is 10.7. The summed E-state index contributed by atoms with van der Waals surface area (Å²) in [7, 11) is 1.52. The molecule has 0 saturated heterocycles. The van der Waals surface area contributed by atoms with Gasteiger partial charge in [-0.2, -0.15) is 5.26 Å². The highest BCUT2D eigenvalue weighted by Crippen LogP contribution is 2.37. The Kier molecular flexibility index (Phi) is 7.41. The van der Waals surface area contributed by atoms with Crippen molar-refractivity contribution < 1.29 is 23.8 Å². The number of aromatic nitrogens is 1. The van der Waals surface area contributed by atoms with Gasteiger partial charge >= 0.3 is 5.97 Å². The Morgan fingerprint density at radius 2 is 1.88 bits per heavy atom. The van der Waals surface area contributed by atoms with Gasteiger partial charge in [0.15, 0.2) is 24.7 Å². The predicted molar refractivity (Wildman–Crippen MR) is 119 cm³/mol. The van der Waals surface area contributed by atoms with Crippen molar-refractivity contribution in [3.63, 3.8) is 0 Å². The van der Waals surface area contributed by atoms with Gasteiger partial charge in [0.05, 0.1) is 12.7 Å². The summed E-state index contributed by atoms with van der Waals surface area (Å²) in [6.45, 7) is 4.94. The Morgan fingerprint density at radius 3 is 2.53 bits per heavy atom. The highest BCUT2D eigenvalue weighted by molar-refractivity contribution is 5.93. The fourth-order valence-electron chi connectivity index (χ4n) is 4.09. The van der Waals surface area contributed by atoms with Gasteiger partial charge in [0, 0.05) is 11.7 Å². The fourth-order valence-corrected chi connectivity index (χ4v) is 4.09. The SMILES string of the molecule is COc1cc(C)ccc1OCC(=O)OCC(=O)Nc1c(C#N)c(C)c(C)n1C1CCCC1. The van der Waals surface area contributed by atoms with Crippen LogP contribution in [0, 0.1) is 32.1 Å². The van der Waals surface area contributed by atoms with Gasteiger partial charge in [0.1, 0.15) is 11.9 Å². The molecule has 1 fully saturated rings. The number of rotatable bonds is 8. The Hall–Kier alpha value is -3.47. The average molecular weight is 440 g/mol. The number of hydrogen-bond donors (Lipinski definition) is 1. The number of nitrogens with zero attached hydrogens (tertiary/aromatic N) is 2. The van der Waals surface area contributed by atoms with E-state index in [0.29, 0.717) is 22.9 Å². The number of nitriles is 1. The summed E-state index contributed by atoms with van der Waals surface area (Å²) in [5, 5.41) is 12.4. The first-order valence-electron chi connectivity index (χ1n) is 10.7. The number of methoxy groups -OCH3 is 1. The van der Waals surface area contributed by atoms with Crippen LogP contribution < -0.4 is 14.8 Å². The van der Waals surface area contributed by atoms with Gasteiger partial charge in [-0.25, -0.2) is 4.79 Å². The standard InChI is InChI=1S/C24H29N3O5/c1-15-9-10-20(21(11-15)30-4)31-14-23(29)32-13-22(28)26-24-19(12-25)16(2)17(3)27(24)18-7-5-6-8-18/h9-11,18H,5-8,13-14H2,1-4H3,(H,26,28). The lowest BCUT2D eigenvalue weighted by atomic mass is 10.2. The van der Waals surface area contributed by atoms with Crippen molar-refractivity contribution in [3.8, 4) is 17.6 Å². The minimum atomic E-state index is -0.679. The zero-order chi connectivity index (χ0) is 23.3. The van der Waals surface area contributed by atoms with E-state index in [0.717, 1.165) is 42.5 Å². The largest absolute Gasteiger partial charge is 0.493 e. The van der Waals surface area contributed by atoms with Crippen LogP contribution >= 0.6 is 0 Å². The first-order chi connectivity index (χ1) is 15.3. The molecule has 8 heteroatoms. The highest BCUT2D eigenvalue weighted by atomic mass is 16.6. The number of aryl methyl sites for hydroxylation is 1. The fraction of sp³-hybridized carbons (Fsp3) is 0.458. The van der Waals surface area contributed by atoms with Gasteiger partial charge in [-0.15, -0.1) is 0 Å². The van der Waals surface area contributed by atoms with E-state index in [2.05, 4.69) is 11.4 Å². The lowest BCUT2D eigenvalue weighted by Crippen LogP contribution is -2.25. The lowest BCUT2D eigenvalue weighted by molar-refractivity contribution is -0.149. The van der Waals surface area contributed by atoms with E-state index < -0.39 is 18.5 Å². The van der Waals surface area contributed by atoms with E-state index in [1.54, 1.807) is 12.1 Å². The zero-order valence-electron chi connectivity index (χ0n) is 19.0. The van der Waals surface area contributed by atoms with Crippen LogP contribution in [0.15, 0.2) is 18.2 Å². The minimum absolute atomic E-state index is 0.256. The molecule has 0 spiro atoms. The van der Waals surface area contributed by atoms with Crippen LogP contribution in [0.3, 0.4) is 0 Å². The number of nitrogens with one attached hydrogen (secondary N) is 1. The van der Waals surface area contributed by atoms with Gasteiger partial charge in [-0.1, -0.05) is 18.9 Å². The molecule has 0 bridgehead atoms. The molecule has 0 radical (unpaired) electrons. The van der Waals surface area contributed by atoms with Gasteiger partial charge < -0.3 is 24.1 Å². The maximum atomic E-state index is 12.5. The van der Waals surface area contributed by atoms with E-state index in [9.17, 15) is 14.9 Å². The average Bonchev–Trinajstić information content (AvgIpc) is 3.38. The molecule has 1 heterocycles. The number of carbonyl (C=O) groups excluding carboxylic acids is 2. The molecular formula is C24H29N3O5. The van der Waals surface area contributed by atoms with E-state index in [4.69, 9.17) is 14.2 Å². The molecule has 170 valence electrons. The van der Waals surface area contributed by atoms with Crippen molar-refractivity contribution in [1.29, 1.82) is 5.26 Å². The van der Waals surface area contributed by atoms with Crippen LogP contribution in [0.4, 0.5) is 5.82 Å². The maximum Gasteiger partial charge on any atom is 0.344 e. The molecule has 8 nitrogen and oxygen atoms in total. The quantitative estimate of drug-likeness (QED) is 0.625. The first kappa shape index (κ1) is 23.2. The summed E-state index contributed by atoms with van der Waals surface area (Å²) in [6.07, 6.45) is 4.27. The van der Waals surface area contributed by atoms with Crippen LogP contribution in [0.5, 0.6) is 11.5 Å². The monoisotopic (exact) mass is 439 g/mol. The third-order valence-electron chi connectivity index (χ3n) is 5.85. The molecule has 1 saturated carbocycles. The van der Waals surface area contributed by atoms with Gasteiger partial charge in [-0.3, -0.25) is 4.79 Å². The van der Waals surface area contributed by atoms with Crippen LogP contribution in [0.25, 0.3) is 0 Å². The van der Waals surface area contributed by atoms with Crippen LogP contribution in [-0.2, 0) is 14.3 Å². The second-order valence-corrected chi connectivity index (χ2v) is 8.01. The Morgan fingerprint density at radius 1 is 1.16 bits per heavy atom. The number of benzene rings is 1. The number of amides is 1. The van der Waals surface area contributed by atoms with Crippen molar-refractivity contribution in [2.24, 2.45) is 0 Å². The third kappa shape index (κ3) is 5.05. The number of carbonyl (C=O) groups is 2. The molecule has 1 amide bonds. The Bertz CT molecular complexity index is 1040. The van der Waals surface area contributed by atoms with Crippen molar-refractivity contribution in [2.45, 2.75) is 52.5 Å². The summed E-state index contributed by atoms with van der Waals surface area (Å²) < 4.78 is 17.8. The molecule has 1 aromatic heterocycles. The third-order valence-corrected chi connectivity index (χ3v) is 5.85. The van der Waals surface area contributed by atoms with Crippen molar-refractivity contribution >= 4 is 17.7 Å². The lowest BCUT2D eigenvalue weighted by Gasteiger charge is -2.19.